The van der Waals surface area contributed by atoms with E-state index < -0.39 is 0 Å². The van der Waals surface area contributed by atoms with Crippen LogP contribution in [0, 0.1) is 35.5 Å². The minimum atomic E-state index is 1.21. The Morgan fingerprint density at radius 2 is 1.36 bits per heavy atom. The molecule has 0 aromatic carbocycles. The van der Waals surface area contributed by atoms with E-state index in [1.807, 2.05) is 0 Å². The highest BCUT2D eigenvalue weighted by molar-refractivity contribution is 5.11. The smallest absolute Gasteiger partial charge is 0.0326 e. The molecule has 0 saturated heterocycles. The highest BCUT2D eigenvalue weighted by Crippen LogP contribution is 2.70. The molecule has 0 aromatic heterocycles. The lowest BCUT2D eigenvalue weighted by atomic mass is 9.60. The minimum absolute atomic E-state index is 1.21. The molecule has 5 fully saturated rings. The first kappa shape index (κ1) is 5.61. The van der Waals surface area contributed by atoms with E-state index in [9.17, 15) is 0 Å². The van der Waals surface area contributed by atoms with Crippen LogP contribution < -0.4 is 0 Å². The molecule has 2 bridgehead atoms. The van der Waals surface area contributed by atoms with Crippen LogP contribution in [-0.4, -0.2) is 0 Å². The summed E-state index contributed by atoms with van der Waals surface area (Å²) in [5, 5.41) is 0. The summed E-state index contributed by atoms with van der Waals surface area (Å²) in [5.74, 6) is 7.41. The van der Waals surface area contributed by atoms with Crippen molar-refractivity contribution in [1.82, 2.24) is 0 Å². The van der Waals surface area contributed by atoms with E-state index in [0.717, 1.165) is 0 Å². The number of hydrogen-bond acceptors (Lipinski definition) is 0. The van der Waals surface area contributed by atoms with Gasteiger partial charge < -0.3 is 0 Å². The van der Waals surface area contributed by atoms with Crippen LogP contribution in [0.4, 0.5) is 0 Å². The Balaban J connectivity index is 1.58. The zero-order chi connectivity index (χ0) is 7.00. The topological polar surface area (TPSA) is 0 Å². The predicted molar refractivity (Wildman–Crippen MR) is 44.0 cm³/mol. The van der Waals surface area contributed by atoms with E-state index >= 15 is 0 Å². The van der Waals surface area contributed by atoms with E-state index in [0.29, 0.717) is 0 Å². The van der Waals surface area contributed by atoms with Gasteiger partial charge in [0.15, 0.2) is 0 Å². The van der Waals surface area contributed by atoms with E-state index in [1.165, 1.54) is 35.5 Å². The van der Waals surface area contributed by atoms with Gasteiger partial charge in [-0.1, -0.05) is 0 Å². The van der Waals surface area contributed by atoms with Crippen LogP contribution in [0.3, 0.4) is 0 Å². The molecular formula is C11H16. The van der Waals surface area contributed by atoms with Crippen LogP contribution in [0.25, 0.3) is 0 Å². The summed E-state index contributed by atoms with van der Waals surface area (Å²) in [5.41, 5.74) is 0. The summed E-state index contributed by atoms with van der Waals surface area (Å²) >= 11 is 0. The highest BCUT2D eigenvalue weighted by Gasteiger charge is 2.62. The molecule has 5 atom stereocenters. The largest absolute Gasteiger partial charge is 0.0499 e. The van der Waals surface area contributed by atoms with Crippen LogP contribution in [0.5, 0.6) is 0 Å². The normalized spacial score (nSPS) is 69.8. The van der Waals surface area contributed by atoms with Gasteiger partial charge in [-0.3, -0.25) is 0 Å². The summed E-state index contributed by atoms with van der Waals surface area (Å²) in [7, 11) is 0. The van der Waals surface area contributed by atoms with Crippen molar-refractivity contribution in [3.05, 3.63) is 0 Å². The van der Waals surface area contributed by atoms with Crippen LogP contribution in [0.1, 0.15) is 32.1 Å². The average molecular weight is 148 g/mol. The fourth-order valence-corrected chi connectivity index (χ4v) is 4.48. The Kier molecular flexibility index (Phi) is 0.781. The molecule has 5 saturated carbocycles. The molecule has 0 spiro atoms. The zero-order valence-electron chi connectivity index (χ0n) is 7.00. The van der Waals surface area contributed by atoms with Crippen LogP contribution in [-0.2, 0) is 0 Å². The molecule has 0 aliphatic heterocycles. The molecule has 5 aliphatic carbocycles. The van der Waals surface area contributed by atoms with Crippen molar-refractivity contribution in [2.45, 2.75) is 32.1 Å². The fraction of sp³-hybridized carbons (Fsp3) is 1.00. The van der Waals surface area contributed by atoms with Crippen molar-refractivity contribution in [2.75, 3.05) is 0 Å². The van der Waals surface area contributed by atoms with Crippen molar-refractivity contribution in [2.24, 2.45) is 35.5 Å². The number of rotatable bonds is 1. The third-order valence-electron chi connectivity index (χ3n) is 5.20. The summed E-state index contributed by atoms with van der Waals surface area (Å²) < 4.78 is 0. The standard InChI is InChI=1S/C11H16/c1-2-7-3-6(1)11(7)10-5-8-4-9(8)10/h6-11H,1-5H2. The second kappa shape index (κ2) is 1.53. The van der Waals surface area contributed by atoms with Gasteiger partial charge in [-0.05, 0) is 67.6 Å². The molecule has 0 nitrogen and oxygen atoms in total. The molecule has 5 unspecified atom stereocenters. The Hall–Kier alpha value is 0. The van der Waals surface area contributed by atoms with Crippen molar-refractivity contribution >= 4 is 0 Å². The molecule has 0 heteroatoms. The van der Waals surface area contributed by atoms with Gasteiger partial charge in [-0.15, -0.1) is 0 Å². The highest BCUT2D eigenvalue weighted by atomic mass is 14.7. The predicted octanol–water partition coefficient (Wildman–Crippen LogP) is 2.69. The van der Waals surface area contributed by atoms with Crippen LogP contribution >= 0.6 is 0 Å². The van der Waals surface area contributed by atoms with Crippen LogP contribution in [0.15, 0.2) is 0 Å². The summed E-state index contributed by atoms with van der Waals surface area (Å²) in [4.78, 5) is 0. The average Bonchev–Trinajstić information content (AvgIpc) is 2.43. The Morgan fingerprint density at radius 1 is 0.636 bits per heavy atom. The number of fused-ring (bicyclic) bond motifs is 2. The van der Waals surface area contributed by atoms with Crippen LogP contribution in [0.2, 0.25) is 0 Å². The quantitative estimate of drug-likeness (QED) is 0.536. The van der Waals surface area contributed by atoms with Gasteiger partial charge in [0, 0.05) is 0 Å². The lowest BCUT2D eigenvalue weighted by Gasteiger charge is -2.45. The lowest BCUT2D eigenvalue weighted by Crippen LogP contribution is -2.39. The monoisotopic (exact) mass is 148 g/mol. The van der Waals surface area contributed by atoms with Gasteiger partial charge in [-0.2, -0.15) is 0 Å². The van der Waals surface area contributed by atoms with Gasteiger partial charge in [0.25, 0.3) is 0 Å². The fourth-order valence-electron chi connectivity index (χ4n) is 4.48. The Labute approximate surface area is 68.4 Å². The molecule has 5 aliphatic rings. The molecule has 5 rings (SSSR count). The third-order valence-corrected chi connectivity index (χ3v) is 5.20. The van der Waals surface area contributed by atoms with Crippen molar-refractivity contribution in [3.63, 3.8) is 0 Å². The van der Waals surface area contributed by atoms with E-state index in [4.69, 9.17) is 0 Å². The summed E-state index contributed by atoms with van der Waals surface area (Å²) in [6, 6.07) is 0. The maximum Gasteiger partial charge on any atom is -0.0326 e. The minimum Gasteiger partial charge on any atom is -0.0499 e. The third kappa shape index (κ3) is 0.522. The van der Waals surface area contributed by atoms with Gasteiger partial charge in [-0.25, -0.2) is 0 Å². The molecule has 60 valence electrons. The first-order valence-corrected chi connectivity index (χ1v) is 5.43. The first-order valence-electron chi connectivity index (χ1n) is 5.43. The summed E-state index contributed by atoms with van der Waals surface area (Å²) in [6.07, 6.45) is 8.09. The molecule has 0 aromatic rings. The molecule has 0 N–H and O–H groups in total. The van der Waals surface area contributed by atoms with Crippen molar-refractivity contribution < 1.29 is 0 Å². The van der Waals surface area contributed by atoms with Crippen molar-refractivity contribution in [1.29, 1.82) is 0 Å². The van der Waals surface area contributed by atoms with Gasteiger partial charge in [0.05, 0.1) is 0 Å². The zero-order valence-corrected chi connectivity index (χ0v) is 7.00. The second-order valence-electron chi connectivity index (χ2n) is 5.47. The maximum absolute atomic E-state index is 1.64. The lowest BCUT2D eigenvalue weighted by molar-refractivity contribution is 0.0320. The van der Waals surface area contributed by atoms with E-state index in [2.05, 4.69) is 0 Å². The Bertz CT molecular complexity index is 194. The molecular weight excluding hydrogens is 132 g/mol. The van der Waals surface area contributed by atoms with E-state index in [-0.39, 0.29) is 0 Å². The molecule has 11 heavy (non-hydrogen) atoms. The maximum atomic E-state index is 1.64. The van der Waals surface area contributed by atoms with Gasteiger partial charge >= 0.3 is 0 Å². The van der Waals surface area contributed by atoms with Gasteiger partial charge in [0.2, 0.25) is 0 Å². The van der Waals surface area contributed by atoms with Gasteiger partial charge in [0.1, 0.15) is 0 Å². The number of hydrogen-bond donors (Lipinski definition) is 0. The molecule has 0 radical (unpaired) electrons. The Morgan fingerprint density at radius 3 is 1.82 bits per heavy atom. The van der Waals surface area contributed by atoms with E-state index in [1.54, 1.807) is 32.1 Å². The molecule has 0 heterocycles. The second-order valence-corrected chi connectivity index (χ2v) is 5.47. The summed E-state index contributed by atoms with van der Waals surface area (Å²) in [6.45, 7) is 0. The van der Waals surface area contributed by atoms with Crippen molar-refractivity contribution in [3.8, 4) is 0 Å². The SMILES string of the molecule is C1CC2CC1C2C1CC2CC21. The molecule has 0 amide bonds. The first-order chi connectivity index (χ1) is 5.43.